The molecule has 0 spiro atoms. The Morgan fingerprint density at radius 3 is 1.97 bits per heavy atom. The van der Waals surface area contributed by atoms with Crippen LogP contribution >= 0.6 is 0 Å². The smallest absolute Gasteiger partial charge is 0.326 e. The second-order valence-corrected chi connectivity index (χ2v) is 8.72. The fraction of sp³-hybridized carbons (Fsp3) is 0.542. The number of carbonyl (C=O) groups is 5. The zero-order chi connectivity index (χ0) is 27.4. The normalized spacial score (nSPS) is 15.9. The molecule has 0 saturated carbocycles. The van der Waals surface area contributed by atoms with E-state index in [1.807, 2.05) is 0 Å². The molecule has 200 valence electrons. The quantitative estimate of drug-likeness (QED) is 0.161. The van der Waals surface area contributed by atoms with Crippen molar-refractivity contribution in [1.29, 1.82) is 0 Å². The molecule has 0 aromatic heterocycles. The van der Waals surface area contributed by atoms with E-state index in [2.05, 4.69) is 16.0 Å². The molecule has 0 fully saturated rings. The van der Waals surface area contributed by atoms with Gasteiger partial charge < -0.3 is 37.0 Å². The van der Waals surface area contributed by atoms with Crippen LogP contribution in [0.3, 0.4) is 0 Å². The summed E-state index contributed by atoms with van der Waals surface area (Å²) in [6, 6.07) is 3.64. The van der Waals surface area contributed by atoms with Gasteiger partial charge in [0.1, 0.15) is 24.2 Å². The molecule has 0 heterocycles. The van der Waals surface area contributed by atoms with E-state index in [0.29, 0.717) is 12.0 Å². The van der Waals surface area contributed by atoms with Crippen LogP contribution in [-0.2, 0) is 30.4 Å². The molecule has 0 aliphatic carbocycles. The molecule has 1 aromatic rings. The maximum absolute atomic E-state index is 13.2. The summed E-state index contributed by atoms with van der Waals surface area (Å²) in [5.41, 5.74) is 6.36. The third-order valence-corrected chi connectivity index (χ3v) is 5.79. The minimum Gasteiger partial charge on any atom is -0.481 e. The highest BCUT2D eigenvalue weighted by atomic mass is 16.4. The number of amides is 3. The number of hydrogen-bond acceptors (Lipinski definition) is 7. The molecule has 0 bridgehead atoms. The van der Waals surface area contributed by atoms with Crippen molar-refractivity contribution >= 4 is 29.7 Å². The number of hydrogen-bond donors (Lipinski definition) is 7. The molecular formula is C24H36N4O8. The van der Waals surface area contributed by atoms with E-state index < -0.39 is 66.4 Å². The van der Waals surface area contributed by atoms with Gasteiger partial charge in [-0.05, 0) is 24.8 Å². The van der Waals surface area contributed by atoms with Gasteiger partial charge in [0.2, 0.25) is 17.7 Å². The average molecular weight is 509 g/mol. The summed E-state index contributed by atoms with van der Waals surface area (Å²) >= 11 is 0. The molecule has 6 unspecified atom stereocenters. The summed E-state index contributed by atoms with van der Waals surface area (Å²) in [5.74, 6) is -5.24. The standard InChI is InChI=1S/C24H36N4O8/c1-4-13(2)20(28-22(33)19(25)14(3)29)23(34)27-17(12-15-8-6-5-7-9-15)21(32)26-16(24(35)36)10-11-18(30)31/h5-9,13-14,16-17,19-20,29H,4,10-12,25H2,1-3H3,(H,26,32)(H,27,34)(H,28,33)(H,30,31)(H,35,36). The Bertz CT molecular complexity index is 909. The summed E-state index contributed by atoms with van der Waals surface area (Å²) in [7, 11) is 0. The Balaban J connectivity index is 3.15. The third-order valence-electron chi connectivity index (χ3n) is 5.79. The first-order chi connectivity index (χ1) is 16.9. The number of rotatable bonds is 15. The second kappa shape index (κ2) is 14.8. The van der Waals surface area contributed by atoms with Crippen molar-refractivity contribution in [1.82, 2.24) is 16.0 Å². The highest BCUT2D eigenvalue weighted by Gasteiger charge is 2.33. The minimum absolute atomic E-state index is 0.0119. The van der Waals surface area contributed by atoms with Crippen molar-refractivity contribution in [3.63, 3.8) is 0 Å². The van der Waals surface area contributed by atoms with Crippen LogP contribution in [0.2, 0.25) is 0 Å². The van der Waals surface area contributed by atoms with E-state index in [0.717, 1.165) is 0 Å². The van der Waals surface area contributed by atoms with Crippen molar-refractivity contribution in [3.05, 3.63) is 35.9 Å². The predicted molar refractivity (Wildman–Crippen MR) is 130 cm³/mol. The fourth-order valence-electron chi connectivity index (χ4n) is 3.29. The van der Waals surface area contributed by atoms with Gasteiger partial charge in [-0.1, -0.05) is 50.6 Å². The molecule has 0 saturated heterocycles. The van der Waals surface area contributed by atoms with Gasteiger partial charge in [0.25, 0.3) is 0 Å². The molecule has 1 aromatic carbocycles. The van der Waals surface area contributed by atoms with Gasteiger partial charge in [-0.3, -0.25) is 19.2 Å². The topological polar surface area (TPSA) is 208 Å². The van der Waals surface area contributed by atoms with E-state index in [-0.39, 0.29) is 18.8 Å². The monoisotopic (exact) mass is 508 g/mol. The number of aliphatic carboxylic acids is 2. The van der Waals surface area contributed by atoms with Crippen LogP contribution in [-0.4, -0.2) is 75.3 Å². The first-order valence-corrected chi connectivity index (χ1v) is 11.7. The lowest BCUT2D eigenvalue weighted by molar-refractivity contribution is -0.143. The van der Waals surface area contributed by atoms with Gasteiger partial charge in [-0.25, -0.2) is 4.79 Å². The highest BCUT2D eigenvalue weighted by molar-refractivity contribution is 5.94. The van der Waals surface area contributed by atoms with E-state index in [1.165, 1.54) is 6.92 Å². The fourth-order valence-corrected chi connectivity index (χ4v) is 3.29. The maximum atomic E-state index is 13.2. The van der Waals surface area contributed by atoms with Crippen LogP contribution in [0, 0.1) is 5.92 Å². The summed E-state index contributed by atoms with van der Waals surface area (Å²) in [6.45, 7) is 4.86. The first kappa shape index (κ1) is 30.5. The molecule has 8 N–H and O–H groups in total. The Hall–Kier alpha value is -3.51. The van der Waals surface area contributed by atoms with E-state index in [9.17, 15) is 34.2 Å². The lowest BCUT2D eigenvalue weighted by atomic mass is 9.96. The SMILES string of the molecule is CCC(C)C(NC(=O)C(N)C(C)O)C(=O)NC(Cc1ccccc1)C(=O)NC(CCC(=O)O)C(=O)O. The van der Waals surface area contributed by atoms with Crippen molar-refractivity contribution in [3.8, 4) is 0 Å². The molecule has 12 nitrogen and oxygen atoms in total. The first-order valence-electron chi connectivity index (χ1n) is 11.7. The number of carboxylic acids is 2. The van der Waals surface area contributed by atoms with Crippen LogP contribution < -0.4 is 21.7 Å². The third kappa shape index (κ3) is 10.0. The Kier molecular flexibility index (Phi) is 12.5. The van der Waals surface area contributed by atoms with Gasteiger partial charge in [-0.15, -0.1) is 0 Å². The number of nitrogens with one attached hydrogen (secondary N) is 3. The Labute approximate surface area is 209 Å². The van der Waals surface area contributed by atoms with Gasteiger partial charge >= 0.3 is 11.9 Å². The number of nitrogens with two attached hydrogens (primary N) is 1. The van der Waals surface area contributed by atoms with Crippen LogP contribution in [0.25, 0.3) is 0 Å². The number of aliphatic hydroxyl groups excluding tert-OH is 1. The maximum Gasteiger partial charge on any atom is 0.326 e. The zero-order valence-electron chi connectivity index (χ0n) is 20.6. The molecule has 6 atom stereocenters. The van der Waals surface area contributed by atoms with Gasteiger partial charge in [0.15, 0.2) is 0 Å². The van der Waals surface area contributed by atoms with Gasteiger partial charge in [0.05, 0.1) is 6.10 Å². The zero-order valence-corrected chi connectivity index (χ0v) is 20.6. The lowest BCUT2D eigenvalue weighted by Gasteiger charge is -2.28. The van der Waals surface area contributed by atoms with Crippen LogP contribution in [0.1, 0.15) is 45.6 Å². The lowest BCUT2D eigenvalue weighted by Crippen LogP contribution is -2.60. The molecule has 0 aliphatic heterocycles. The van der Waals surface area contributed by atoms with E-state index in [1.54, 1.807) is 44.2 Å². The Morgan fingerprint density at radius 2 is 1.47 bits per heavy atom. The van der Waals surface area contributed by atoms with Crippen molar-refractivity contribution in [2.75, 3.05) is 0 Å². The van der Waals surface area contributed by atoms with E-state index >= 15 is 0 Å². The molecule has 36 heavy (non-hydrogen) atoms. The van der Waals surface area contributed by atoms with Crippen molar-refractivity contribution < 1.29 is 39.3 Å². The summed E-state index contributed by atoms with van der Waals surface area (Å²) in [6.07, 6.45) is -1.46. The van der Waals surface area contributed by atoms with E-state index in [4.69, 9.17) is 10.8 Å². The van der Waals surface area contributed by atoms with Crippen LogP contribution in [0.5, 0.6) is 0 Å². The Morgan fingerprint density at radius 1 is 0.889 bits per heavy atom. The van der Waals surface area contributed by atoms with Gasteiger partial charge in [0, 0.05) is 12.8 Å². The summed E-state index contributed by atoms with van der Waals surface area (Å²) in [5, 5.41) is 35.3. The second-order valence-electron chi connectivity index (χ2n) is 8.72. The molecular weight excluding hydrogens is 472 g/mol. The number of carboxylic acid groups (broad SMARTS) is 2. The summed E-state index contributed by atoms with van der Waals surface area (Å²) in [4.78, 5) is 61.1. The predicted octanol–water partition coefficient (Wildman–Crippen LogP) is -0.613. The van der Waals surface area contributed by atoms with Crippen molar-refractivity contribution in [2.24, 2.45) is 11.7 Å². The molecule has 0 radical (unpaired) electrons. The average Bonchev–Trinajstić information content (AvgIpc) is 2.83. The van der Waals surface area contributed by atoms with Crippen LogP contribution in [0.15, 0.2) is 30.3 Å². The van der Waals surface area contributed by atoms with Crippen molar-refractivity contribution in [2.45, 2.75) is 76.7 Å². The molecule has 0 aliphatic rings. The van der Waals surface area contributed by atoms with Gasteiger partial charge in [-0.2, -0.15) is 0 Å². The number of benzene rings is 1. The highest BCUT2D eigenvalue weighted by Crippen LogP contribution is 2.11. The number of aliphatic hydroxyl groups is 1. The number of carbonyl (C=O) groups excluding carboxylic acids is 3. The van der Waals surface area contributed by atoms with Crippen LogP contribution in [0.4, 0.5) is 0 Å². The summed E-state index contributed by atoms with van der Waals surface area (Å²) < 4.78 is 0. The molecule has 12 heteroatoms. The molecule has 1 rings (SSSR count). The minimum atomic E-state index is -1.47. The largest absolute Gasteiger partial charge is 0.481 e. The molecule has 3 amide bonds.